The Morgan fingerprint density at radius 1 is 0.844 bits per heavy atom. The lowest BCUT2D eigenvalue weighted by Crippen LogP contribution is -2.37. The van der Waals surface area contributed by atoms with Crippen LogP contribution in [0.15, 0.2) is 78.9 Å². The summed E-state index contributed by atoms with van der Waals surface area (Å²) in [5, 5.41) is 0.536. The SMILES string of the molecule is NCC(=O)OC(c1ccccc1)(c1ccc(C2CCCCCC2)cc1)c1ccccc1Cl. The van der Waals surface area contributed by atoms with Crippen molar-refractivity contribution in [1.82, 2.24) is 0 Å². The van der Waals surface area contributed by atoms with Crippen molar-refractivity contribution in [1.29, 1.82) is 0 Å². The highest BCUT2D eigenvalue weighted by atomic mass is 35.5. The molecule has 1 unspecified atom stereocenters. The Bertz CT molecular complexity index is 1030. The molecule has 32 heavy (non-hydrogen) atoms. The molecule has 1 aliphatic carbocycles. The predicted molar refractivity (Wildman–Crippen MR) is 130 cm³/mol. The third kappa shape index (κ3) is 4.60. The second-order valence-corrected chi connectivity index (χ2v) is 8.92. The summed E-state index contributed by atoms with van der Waals surface area (Å²) in [6.45, 7) is -0.209. The maximum absolute atomic E-state index is 12.6. The van der Waals surface area contributed by atoms with Gasteiger partial charge in [0.25, 0.3) is 0 Å². The highest BCUT2D eigenvalue weighted by molar-refractivity contribution is 6.31. The summed E-state index contributed by atoms with van der Waals surface area (Å²) in [6, 6.07) is 25.8. The molecule has 4 heteroatoms. The molecule has 3 aromatic rings. The zero-order chi connectivity index (χ0) is 22.4. The van der Waals surface area contributed by atoms with Gasteiger partial charge in [0, 0.05) is 21.7 Å². The van der Waals surface area contributed by atoms with E-state index in [1.54, 1.807) is 0 Å². The van der Waals surface area contributed by atoms with Crippen LogP contribution in [0.2, 0.25) is 5.02 Å². The molecule has 1 atom stereocenters. The normalized spacial score (nSPS) is 16.7. The van der Waals surface area contributed by atoms with Gasteiger partial charge in [0.1, 0.15) is 0 Å². The summed E-state index contributed by atoms with van der Waals surface area (Å²) in [7, 11) is 0. The molecule has 0 saturated heterocycles. The fourth-order valence-electron chi connectivity index (χ4n) is 4.89. The van der Waals surface area contributed by atoms with Crippen molar-refractivity contribution in [3.05, 3.63) is 106 Å². The minimum atomic E-state index is -1.18. The second-order valence-electron chi connectivity index (χ2n) is 8.52. The number of halogens is 1. The maximum atomic E-state index is 12.6. The summed E-state index contributed by atoms with van der Waals surface area (Å²) < 4.78 is 6.18. The molecule has 1 aliphatic rings. The number of carbonyl (C=O) groups is 1. The van der Waals surface area contributed by atoms with Crippen molar-refractivity contribution < 1.29 is 9.53 Å². The average molecular weight is 448 g/mol. The van der Waals surface area contributed by atoms with Crippen molar-refractivity contribution in [2.24, 2.45) is 5.73 Å². The first-order valence-corrected chi connectivity index (χ1v) is 11.9. The molecule has 0 amide bonds. The van der Waals surface area contributed by atoms with Crippen molar-refractivity contribution >= 4 is 17.6 Å². The summed E-state index contributed by atoms with van der Waals surface area (Å²) in [5.74, 6) is 0.103. The minimum Gasteiger partial charge on any atom is -0.443 e. The number of ether oxygens (including phenoxy) is 1. The summed E-state index contributed by atoms with van der Waals surface area (Å²) in [6.07, 6.45) is 7.69. The molecule has 2 N–H and O–H groups in total. The molecular formula is C28H30ClNO2. The molecule has 1 saturated carbocycles. The fraction of sp³-hybridized carbons (Fsp3) is 0.321. The van der Waals surface area contributed by atoms with Gasteiger partial charge in [-0.2, -0.15) is 0 Å². The lowest BCUT2D eigenvalue weighted by molar-refractivity contribution is -0.151. The van der Waals surface area contributed by atoms with E-state index in [-0.39, 0.29) is 6.54 Å². The zero-order valence-corrected chi connectivity index (χ0v) is 19.1. The average Bonchev–Trinajstić information content (AvgIpc) is 3.13. The van der Waals surface area contributed by atoms with Crippen LogP contribution in [0.3, 0.4) is 0 Å². The van der Waals surface area contributed by atoms with Gasteiger partial charge in [-0.05, 0) is 30.4 Å². The molecule has 4 rings (SSSR count). The third-order valence-electron chi connectivity index (χ3n) is 6.51. The lowest BCUT2D eigenvalue weighted by atomic mass is 9.79. The van der Waals surface area contributed by atoms with E-state index in [0.717, 1.165) is 16.7 Å². The fourth-order valence-corrected chi connectivity index (χ4v) is 5.15. The van der Waals surface area contributed by atoms with E-state index < -0.39 is 11.6 Å². The van der Waals surface area contributed by atoms with Gasteiger partial charge in [0.05, 0.1) is 6.54 Å². The maximum Gasteiger partial charge on any atom is 0.321 e. The van der Waals surface area contributed by atoms with E-state index in [9.17, 15) is 4.79 Å². The molecule has 1 fully saturated rings. The van der Waals surface area contributed by atoms with Gasteiger partial charge in [-0.3, -0.25) is 4.79 Å². The van der Waals surface area contributed by atoms with Crippen molar-refractivity contribution in [3.8, 4) is 0 Å². The monoisotopic (exact) mass is 447 g/mol. The Labute approximate surface area is 195 Å². The highest BCUT2D eigenvalue weighted by Crippen LogP contribution is 2.44. The van der Waals surface area contributed by atoms with E-state index >= 15 is 0 Å². The molecule has 3 nitrogen and oxygen atoms in total. The number of rotatable bonds is 6. The first-order chi connectivity index (χ1) is 15.6. The molecule has 0 aliphatic heterocycles. The van der Waals surface area contributed by atoms with Gasteiger partial charge in [-0.15, -0.1) is 0 Å². The van der Waals surface area contributed by atoms with E-state index in [1.165, 1.54) is 44.1 Å². The largest absolute Gasteiger partial charge is 0.443 e. The Morgan fingerprint density at radius 2 is 1.44 bits per heavy atom. The van der Waals surface area contributed by atoms with Crippen LogP contribution in [0.1, 0.15) is 66.7 Å². The lowest BCUT2D eigenvalue weighted by Gasteiger charge is -2.36. The van der Waals surface area contributed by atoms with Gasteiger partial charge in [-0.25, -0.2) is 0 Å². The molecule has 0 aromatic heterocycles. The second kappa shape index (κ2) is 10.3. The van der Waals surface area contributed by atoms with Crippen LogP contribution < -0.4 is 5.73 Å². The molecule has 166 valence electrons. The van der Waals surface area contributed by atoms with Crippen molar-refractivity contribution in [2.75, 3.05) is 6.54 Å². The third-order valence-corrected chi connectivity index (χ3v) is 6.84. The number of esters is 1. The Hall–Kier alpha value is -2.62. The van der Waals surface area contributed by atoms with Crippen LogP contribution >= 0.6 is 11.6 Å². The van der Waals surface area contributed by atoms with Crippen LogP contribution in [0.5, 0.6) is 0 Å². The number of nitrogens with two attached hydrogens (primary N) is 1. The smallest absolute Gasteiger partial charge is 0.321 e. The van der Waals surface area contributed by atoms with Crippen LogP contribution in [0.4, 0.5) is 0 Å². The van der Waals surface area contributed by atoms with Crippen molar-refractivity contribution in [2.45, 2.75) is 50.0 Å². The van der Waals surface area contributed by atoms with Gasteiger partial charge >= 0.3 is 5.97 Å². The quantitative estimate of drug-likeness (QED) is 0.264. The van der Waals surface area contributed by atoms with Gasteiger partial charge < -0.3 is 10.5 Å². The van der Waals surface area contributed by atoms with Crippen LogP contribution in [0.25, 0.3) is 0 Å². The first kappa shape index (κ1) is 22.6. The minimum absolute atomic E-state index is 0.209. The standard InChI is InChI=1S/C28H30ClNO2/c29-26-15-9-8-14-25(26)28(32-27(31)20-30,23-12-6-3-7-13-23)24-18-16-22(17-19-24)21-10-4-1-2-5-11-21/h3,6-9,12-19,21H,1-2,4-5,10-11,20,30H2. The molecular weight excluding hydrogens is 418 g/mol. The highest BCUT2D eigenvalue weighted by Gasteiger charge is 2.42. The number of carbonyl (C=O) groups excluding carboxylic acids is 1. The van der Waals surface area contributed by atoms with Crippen molar-refractivity contribution in [3.63, 3.8) is 0 Å². The van der Waals surface area contributed by atoms with Crippen LogP contribution in [-0.2, 0) is 15.1 Å². The zero-order valence-electron chi connectivity index (χ0n) is 18.3. The summed E-state index contributed by atoms with van der Waals surface area (Å²) >= 11 is 6.68. The number of hydrogen-bond acceptors (Lipinski definition) is 3. The van der Waals surface area contributed by atoms with Gasteiger partial charge in [-0.1, -0.05) is 110 Å². The van der Waals surface area contributed by atoms with Gasteiger partial charge in [0.2, 0.25) is 0 Å². The molecule has 0 bridgehead atoms. The number of benzene rings is 3. The molecule has 0 radical (unpaired) electrons. The summed E-state index contributed by atoms with van der Waals surface area (Å²) in [5.41, 5.74) is 8.25. The van der Waals surface area contributed by atoms with Gasteiger partial charge in [0.15, 0.2) is 5.60 Å². The topological polar surface area (TPSA) is 52.3 Å². The molecule has 0 heterocycles. The Morgan fingerprint density at radius 3 is 2.06 bits per heavy atom. The van der Waals surface area contributed by atoms with Crippen LogP contribution in [-0.4, -0.2) is 12.5 Å². The first-order valence-electron chi connectivity index (χ1n) is 11.5. The summed E-state index contributed by atoms with van der Waals surface area (Å²) in [4.78, 5) is 12.6. The van der Waals surface area contributed by atoms with E-state index in [2.05, 4.69) is 24.3 Å². The van der Waals surface area contributed by atoms with E-state index in [1.807, 2.05) is 54.6 Å². The Kier molecular flexibility index (Phi) is 7.29. The van der Waals surface area contributed by atoms with E-state index in [4.69, 9.17) is 22.1 Å². The Balaban J connectivity index is 1.86. The van der Waals surface area contributed by atoms with Crippen LogP contribution in [0, 0.1) is 0 Å². The number of hydrogen-bond donors (Lipinski definition) is 1. The molecule has 3 aromatic carbocycles. The molecule has 0 spiro atoms. The predicted octanol–water partition coefficient (Wildman–Crippen LogP) is 6.57. The van der Waals surface area contributed by atoms with E-state index in [0.29, 0.717) is 10.9 Å².